The van der Waals surface area contributed by atoms with Crippen LogP contribution in [-0.4, -0.2) is 80.4 Å². The fraction of sp³-hybridized carbons (Fsp3) is 0.769. The Bertz CT molecular complexity index is 641. The first-order valence-electron chi connectivity index (χ1n) is 7.63. The van der Waals surface area contributed by atoms with Crippen LogP contribution in [0.2, 0.25) is 0 Å². The highest BCUT2D eigenvalue weighted by molar-refractivity contribution is 14.0. The molecule has 1 fully saturated rings. The standard InChI is InChI=1S/C13H24N6O2S2.HI/c1-4-11-16-13(22-17-11)19-8-6-18(7-9-19)12(14-2)15-5-10-23(3,20)21;/h4-10H2,1-3H3,(H,14,15);1H. The summed E-state index contributed by atoms with van der Waals surface area (Å²) in [7, 11) is -1.25. The summed E-state index contributed by atoms with van der Waals surface area (Å²) in [4.78, 5) is 13.1. The summed E-state index contributed by atoms with van der Waals surface area (Å²) in [5, 5.41) is 4.09. The third-order valence-electron chi connectivity index (χ3n) is 3.59. The van der Waals surface area contributed by atoms with Crippen molar-refractivity contribution >= 4 is 56.4 Å². The maximum atomic E-state index is 11.2. The predicted octanol–water partition coefficient (Wildman–Crippen LogP) is 0.460. The van der Waals surface area contributed by atoms with Crippen molar-refractivity contribution in [3.05, 3.63) is 5.82 Å². The Morgan fingerprint density at radius 3 is 2.50 bits per heavy atom. The van der Waals surface area contributed by atoms with E-state index in [-0.39, 0.29) is 29.7 Å². The quantitative estimate of drug-likeness (QED) is 0.366. The van der Waals surface area contributed by atoms with Crippen molar-refractivity contribution in [2.75, 3.05) is 56.7 Å². The molecule has 1 saturated heterocycles. The number of anilines is 1. The Kier molecular flexibility index (Phi) is 8.63. The summed E-state index contributed by atoms with van der Waals surface area (Å²) in [5.74, 6) is 1.75. The van der Waals surface area contributed by atoms with Crippen molar-refractivity contribution in [3.8, 4) is 0 Å². The van der Waals surface area contributed by atoms with Crippen LogP contribution < -0.4 is 10.2 Å². The molecule has 0 saturated carbocycles. The lowest BCUT2D eigenvalue weighted by molar-refractivity contribution is 0.373. The lowest BCUT2D eigenvalue weighted by Crippen LogP contribution is -2.53. The van der Waals surface area contributed by atoms with Gasteiger partial charge in [0, 0.05) is 64.0 Å². The number of aryl methyl sites for hydroxylation is 1. The maximum Gasteiger partial charge on any atom is 0.205 e. The van der Waals surface area contributed by atoms with Gasteiger partial charge in [-0.3, -0.25) is 4.99 Å². The Morgan fingerprint density at radius 2 is 2.00 bits per heavy atom. The molecule has 0 atom stereocenters. The zero-order valence-corrected chi connectivity index (χ0v) is 18.2. The molecule has 138 valence electrons. The highest BCUT2D eigenvalue weighted by atomic mass is 127. The molecule has 2 rings (SSSR count). The van der Waals surface area contributed by atoms with E-state index in [4.69, 9.17) is 0 Å². The maximum absolute atomic E-state index is 11.2. The monoisotopic (exact) mass is 488 g/mol. The SMILES string of the molecule is CCc1nsc(N2CCN(C(=NC)NCCS(C)(=O)=O)CC2)n1.I. The molecule has 1 N–H and O–H groups in total. The van der Waals surface area contributed by atoms with Crippen molar-refractivity contribution in [3.63, 3.8) is 0 Å². The first kappa shape index (κ1) is 21.4. The normalized spacial score (nSPS) is 16.0. The summed E-state index contributed by atoms with van der Waals surface area (Å²) in [6.45, 7) is 5.77. The largest absolute Gasteiger partial charge is 0.355 e. The third-order valence-corrected chi connectivity index (χ3v) is 5.35. The number of guanidine groups is 1. The smallest absolute Gasteiger partial charge is 0.205 e. The first-order valence-corrected chi connectivity index (χ1v) is 10.5. The molecule has 2 heterocycles. The van der Waals surface area contributed by atoms with Crippen molar-refractivity contribution in [2.45, 2.75) is 13.3 Å². The van der Waals surface area contributed by atoms with Crippen molar-refractivity contribution in [1.82, 2.24) is 19.6 Å². The highest BCUT2D eigenvalue weighted by Gasteiger charge is 2.22. The Balaban J connectivity index is 0.00000288. The molecule has 0 radical (unpaired) electrons. The van der Waals surface area contributed by atoms with E-state index in [9.17, 15) is 8.42 Å². The lowest BCUT2D eigenvalue weighted by atomic mass is 10.3. The summed E-state index contributed by atoms with van der Waals surface area (Å²) < 4.78 is 26.7. The van der Waals surface area contributed by atoms with E-state index in [1.807, 2.05) is 0 Å². The second kappa shape index (κ2) is 9.70. The van der Waals surface area contributed by atoms with Gasteiger partial charge < -0.3 is 15.1 Å². The van der Waals surface area contributed by atoms with Crippen LogP contribution in [0, 0.1) is 0 Å². The number of rotatable bonds is 5. The zero-order valence-electron chi connectivity index (χ0n) is 14.2. The van der Waals surface area contributed by atoms with Gasteiger partial charge in [0.1, 0.15) is 15.7 Å². The molecule has 1 aliphatic heterocycles. The fourth-order valence-corrected chi connectivity index (χ4v) is 3.58. The molecule has 0 bridgehead atoms. The Labute approximate surface area is 164 Å². The summed E-state index contributed by atoms with van der Waals surface area (Å²) >= 11 is 1.45. The van der Waals surface area contributed by atoms with Gasteiger partial charge >= 0.3 is 0 Å². The van der Waals surface area contributed by atoms with Gasteiger partial charge in [0.2, 0.25) is 5.13 Å². The van der Waals surface area contributed by atoms with E-state index in [1.54, 1.807) is 7.05 Å². The molecule has 1 aromatic rings. The van der Waals surface area contributed by atoms with Gasteiger partial charge in [-0.1, -0.05) is 6.92 Å². The summed E-state index contributed by atoms with van der Waals surface area (Å²) in [6.07, 6.45) is 2.09. The van der Waals surface area contributed by atoms with Gasteiger partial charge in [-0.15, -0.1) is 24.0 Å². The number of piperazine rings is 1. The van der Waals surface area contributed by atoms with Crippen molar-refractivity contribution in [2.24, 2.45) is 4.99 Å². The number of halogens is 1. The number of aliphatic imine (C=N–C) groups is 1. The minimum Gasteiger partial charge on any atom is -0.355 e. The topological polar surface area (TPSA) is 90.8 Å². The van der Waals surface area contributed by atoms with Crippen LogP contribution >= 0.6 is 35.5 Å². The van der Waals surface area contributed by atoms with E-state index in [1.165, 1.54) is 17.8 Å². The van der Waals surface area contributed by atoms with Crippen LogP contribution in [0.25, 0.3) is 0 Å². The summed E-state index contributed by atoms with van der Waals surface area (Å²) in [6, 6.07) is 0. The molecule has 24 heavy (non-hydrogen) atoms. The van der Waals surface area contributed by atoms with E-state index in [0.29, 0.717) is 6.54 Å². The lowest BCUT2D eigenvalue weighted by Gasteiger charge is -2.36. The minimum absolute atomic E-state index is 0. The second-order valence-electron chi connectivity index (χ2n) is 5.42. The van der Waals surface area contributed by atoms with E-state index >= 15 is 0 Å². The first-order chi connectivity index (χ1) is 10.9. The van der Waals surface area contributed by atoms with Gasteiger partial charge in [0.15, 0.2) is 5.96 Å². The molecule has 11 heteroatoms. The molecule has 1 aromatic heterocycles. The number of nitrogens with zero attached hydrogens (tertiary/aromatic N) is 5. The van der Waals surface area contributed by atoms with E-state index in [0.717, 1.165) is 49.5 Å². The third kappa shape index (κ3) is 6.31. The van der Waals surface area contributed by atoms with Gasteiger partial charge in [0.25, 0.3) is 0 Å². The number of sulfone groups is 1. The molecular formula is C13H25IN6O2S2. The van der Waals surface area contributed by atoms with Crippen molar-refractivity contribution < 1.29 is 8.42 Å². The van der Waals surface area contributed by atoms with Crippen molar-refractivity contribution in [1.29, 1.82) is 0 Å². The van der Waals surface area contributed by atoms with Crippen LogP contribution in [0.4, 0.5) is 5.13 Å². The van der Waals surface area contributed by atoms with Gasteiger partial charge in [-0.2, -0.15) is 4.37 Å². The average Bonchev–Trinajstić information content (AvgIpc) is 3.00. The summed E-state index contributed by atoms with van der Waals surface area (Å²) in [5.41, 5.74) is 0. The number of nitrogens with one attached hydrogen (secondary N) is 1. The van der Waals surface area contributed by atoms with Crippen LogP contribution in [0.3, 0.4) is 0 Å². The predicted molar refractivity (Wildman–Crippen MR) is 110 cm³/mol. The van der Waals surface area contributed by atoms with Crippen LogP contribution in [0.15, 0.2) is 4.99 Å². The molecule has 1 aliphatic rings. The number of hydrogen-bond acceptors (Lipinski definition) is 7. The fourth-order valence-electron chi connectivity index (χ4n) is 2.31. The van der Waals surface area contributed by atoms with Gasteiger partial charge in [-0.05, 0) is 0 Å². The molecule has 0 aromatic carbocycles. The van der Waals surface area contributed by atoms with Gasteiger partial charge in [0.05, 0.1) is 5.75 Å². The molecule has 0 unspecified atom stereocenters. The van der Waals surface area contributed by atoms with Gasteiger partial charge in [-0.25, -0.2) is 13.4 Å². The second-order valence-corrected chi connectivity index (χ2v) is 8.41. The molecule has 0 spiro atoms. The van der Waals surface area contributed by atoms with E-state index in [2.05, 4.69) is 36.4 Å². The minimum atomic E-state index is -2.96. The van der Waals surface area contributed by atoms with Crippen LogP contribution in [-0.2, 0) is 16.3 Å². The van der Waals surface area contributed by atoms with Crippen LogP contribution in [0.1, 0.15) is 12.7 Å². The number of aromatic nitrogens is 2. The van der Waals surface area contributed by atoms with Crippen LogP contribution in [0.5, 0.6) is 0 Å². The Morgan fingerprint density at radius 1 is 1.33 bits per heavy atom. The molecule has 0 amide bonds. The average molecular weight is 488 g/mol. The van der Waals surface area contributed by atoms with E-state index < -0.39 is 9.84 Å². The zero-order chi connectivity index (χ0) is 16.9. The molecule has 0 aliphatic carbocycles. The molecular weight excluding hydrogens is 463 g/mol. The Hall–Kier alpha value is -0.690. The molecule has 8 nitrogen and oxygen atoms in total. The highest BCUT2D eigenvalue weighted by Crippen LogP contribution is 2.19. The number of hydrogen-bond donors (Lipinski definition) is 1.